The third-order valence-electron chi connectivity index (χ3n) is 8.38. The second kappa shape index (κ2) is 12.9. The highest BCUT2D eigenvalue weighted by Crippen LogP contribution is 2.36. The van der Waals surface area contributed by atoms with Crippen LogP contribution in [0.5, 0.6) is 11.5 Å². The molecular weight excluding hydrogens is 580 g/mol. The summed E-state index contributed by atoms with van der Waals surface area (Å²) in [4.78, 5) is 28.9. The molecule has 1 atom stereocenters. The number of rotatable bonds is 12. The third kappa shape index (κ3) is 6.49. The van der Waals surface area contributed by atoms with E-state index in [0.717, 1.165) is 40.3 Å². The van der Waals surface area contributed by atoms with Crippen LogP contribution in [0.2, 0.25) is 0 Å². The molecule has 2 aliphatic rings. The molecule has 1 unspecified atom stereocenters. The van der Waals surface area contributed by atoms with Gasteiger partial charge in [0.2, 0.25) is 0 Å². The van der Waals surface area contributed by atoms with Crippen LogP contribution in [-0.2, 0) is 13.0 Å². The van der Waals surface area contributed by atoms with Crippen LogP contribution in [0.1, 0.15) is 63.7 Å². The van der Waals surface area contributed by atoms with E-state index in [1.54, 1.807) is 28.8 Å². The molecule has 10 heteroatoms. The molecule has 0 saturated heterocycles. The fourth-order valence-electron chi connectivity index (χ4n) is 5.84. The minimum Gasteiger partial charge on any atom is -0.496 e. The largest absolute Gasteiger partial charge is 0.496 e. The molecule has 3 aromatic carbocycles. The number of nitrogens with one attached hydrogen (secondary N) is 1. The number of amides is 2. The monoisotopic (exact) mass is 616 g/mol. The van der Waals surface area contributed by atoms with Gasteiger partial charge in [0.15, 0.2) is 5.66 Å². The summed E-state index contributed by atoms with van der Waals surface area (Å²) in [6, 6.07) is 21.2. The molecule has 46 heavy (non-hydrogen) atoms. The van der Waals surface area contributed by atoms with Crippen molar-refractivity contribution < 1.29 is 19.1 Å². The summed E-state index contributed by atoms with van der Waals surface area (Å²) < 4.78 is 12.9. The molecule has 0 aliphatic carbocycles. The van der Waals surface area contributed by atoms with Crippen molar-refractivity contribution in [3.63, 3.8) is 0 Å². The Hall–Kier alpha value is -5.43. The molecule has 2 amide bonds. The van der Waals surface area contributed by atoms with Crippen LogP contribution in [0, 0.1) is 19.3 Å². The van der Waals surface area contributed by atoms with Gasteiger partial charge < -0.3 is 19.7 Å². The number of methoxy groups -OCH3 is 1. The molecule has 234 valence electrons. The van der Waals surface area contributed by atoms with Crippen LogP contribution in [-0.4, -0.2) is 47.0 Å². The number of fused-ring (bicyclic) bond motifs is 1. The van der Waals surface area contributed by atoms with Crippen molar-refractivity contribution in [2.75, 3.05) is 23.9 Å². The molecule has 0 spiro atoms. The van der Waals surface area contributed by atoms with E-state index in [1.165, 1.54) is 6.20 Å². The first-order chi connectivity index (χ1) is 22.3. The summed E-state index contributed by atoms with van der Waals surface area (Å²) in [5.41, 5.74) is 4.62. The van der Waals surface area contributed by atoms with Crippen molar-refractivity contribution in [1.29, 1.82) is 0 Å². The molecular formula is C36H36N6O4. The number of aromatic nitrogens is 2. The number of ether oxygens (including phenoxy) is 2. The van der Waals surface area contributed by atoms with E-state index in [-0.39, 0.29) is 28.9 Å². The maximum atomic E-state index is 13.9. The lowest BCUT2D eigenvalue weighted by atomic mass is 10.0. The van der Waals surface area contributed by atoms with Gasteiger partial charge in [0.25, 0.3) is 11.8 Å². The second-order valence-corrected chi connectivity index (χ2v) is 11.7. The molecule has 0 radical (unpaired) electrons. The van der Waals surface area contributed by atoms with Crippen molar-refractivity contribution in [2.45, 2.75) is 57.8 Å². The zero-order valence-corrected chi connectivity index (χ0v) is 26.2. The Morgan fingerprint density at radius 1 is 1.09 bits per heavy atom. The van der Waals surface area contributed by atoms with Crippen molar-refractivity contribution >= 4 is 23.2 Å². The maximum Gasteiger partial charge on any atom is 0.277 e. The highest BCUT2D eigenvalue weighted by atomic mass is 16.5. The first kappa shape index (κ1) is 30.6. The lowest BCUT2D eigenvalue weighted by Gasteiger charge is -2.34. The molecule has 4 aromatic rings. The van der Waals surface area contributed by atoms with E-state index < -0.39 is 5.91 Å². The first-order valence-electron chi connectivity index (χ1n) is 15.3. The van der Waals surface area contributed by atoms with Crippen LogP contribution < -0.4 is 19.7 Å². The number of aryl methyl sites for hydroxylation is 1. The fourth-order valence-corrected chi connectivity index (χ4v) is 5.84. The number of carbonyl (C=O) groups is 2. The molecule has 0 fully saturated rings. The highest BCUT2D eigenvalue weighted by molar-refractivity contribution is 6.15. The number of terminal acetylenes is 1. The van der Waals surface area contributed by atoms with Gasteiger partial charge in [-0.15, -0.1) is 12.3 Å². The van der Waals surface area contributed by atoms with E-state index in [1.807, 2.05) is 62.4 Å². The fraction of sp³-hybridized carbons (Fsp3) is 0.306. The van der Waals surface area contributed by atoms with Crippen molar-refractivity contribution in [1.82, 2.24) is 9.78 Å². The summed E-state index contributed by atoms with van der Waals surface area (Å²) in [6.07, 6.45) is 9.67. The van der Waals surface area contributed by atoms with E-state index in [9.17, 15) is 9.59 Å². The molecule has 10 nitrogen and oxygen atoms in total. The van der Waals surface area contributed by atoms with Crippen LogP contribution >= 0.6 is 0 Å². The second-order valence-electron chi connectivity index (χ2n) is 11.7. The summed E-state index contributed by atoms with van der Waals surface area (Å²) >= 11 is 0. The van der Waals surface area contributed by atoms with E-state index in [0.29, 0.717) is 38.1 Å². The van der Waals surface area contributed by atoms with Gasteiger partial charge in [-0.3, -0.25) is 14.3 Å². The van der Waals surface area contributed by atoms with Crippen LogP contribution in [0.3, 0.4) is 0 Å². The molecule has 0 saturated carbocycles. The number of carbonyl (C=O) groups excluding carboxylic acids is 2. The van der Waals surface area contributed by atoms with Gasteiger partial charge in [-0.25, -0.2) is 0 Å². The summed E-state index contributed by atoms with van der Waals surface area (Å²) in [7, 11) is 1.60. The van der Waals surface area contributed by atoms with Gasteiger partial charge >= 0.3 is 0 Å². The zero-order chi connectivity index (χ0) is 32.3. The predicted molar refractivity (Wildman–Crippen MR) is 176 cm³/mol. The number of hydrogen-bond donors (Lipinski definition) is 1. The lowest BCUT2D eigenvalue weighted by molar-refractivity contribution is 0.0933. The summed E-state index contributed by atoms with van der Waals surface area (Å²) in [5.74, 6) is 3.52. The predicted octanol–water partition coefficient (Wildman–Crippen LogP) is 6.44. The van der Waals surface area contributed by atoms with Crippen molar-refractivity contribution in [3.05, 3.63) is 101 Å². The summed E-state index contributed by atoms with van der Waals surface area (Å²) in [6.45, 7) is 4.86. The Balaban J connectivity index is 1.10. The minimum atomic E-state index is -0.392. The SMILES string of the molecule is C#CCCC1(CCOc2cccc(Cc3ccc(N4C(=O)c5c(C(=O)Nc6ccc(OC)c(C)c6)cnn5CC4C)cc3)c2)N=N1. The Kier molecular flexibility index (Phi) is 8.57. The minimum absolute atomic E-state index is 0.151. The van der Waals surface area contributed by atoms with Crippen molar-refractivity contribution in [2.24, 2.45) is 10.2 Å². The Labute approximate surface area is 268 Å². The van der Waals surface area contributed by atoms with Crippen molar-refractivity contribution in [3.8, 4) is 23.8 Å². The van der Waals surface area contributed by atoms with Gasteiger partial charge in [-0.2, -0.15) is 15.3 Å². The number of anilines is 2. The van der Waals surface area contributed by atoms with Gasteiger partial charge in [-0.1, -0.05) is 24.3 Å². The summed E-state index contributed by atoms with van der Waals surface area (Å²) in [5, 5.41) is 15.6. The maximum absolute atomic E-state index is 13.9. The highest BCUT2D eigenvalue weighted by Gasteiger charge is 2.39. The molecule has 1 N–H and O–H groups in total. The first-order valence-corrected chi connectivity index (χ1v) is 15.3. The molecule has 3 heterocycles. The average Bonchev–Trinajstić information content (AvgIpc) is 3.68. The van der Waals surface area contributed by atoms with E-state index in [4.69, 9.17) is 15.9 Å². The Bertz CT molecular complexity index is 1830. The number of benzene rings is 3. The molecule has 2 aliphatic heterocycles. The van der Waals surface area contributed by atoms with Crippen LogP contribution in [0.15, 0.2) is 83.2 Å². The average molecular weight is 617 g/mol. The van der Waals surface area contributed by atoms with Gasteiger partial charge in [0.1, 0.15) is 17.2 Å². The van der Waals surface area contributed by atoms with Crippen LogP contribution in [0.4, 0.5) is 11.4 Å². The Morgan fingerprint density at radius 2 is 1.89 bits per heavy atom. The van der Waals surface area contributed by atoms with E-state index in [2.05, 4.69) is 32.6 Å². The van der Waals surface area contributed by atoms with Crippen LogP contribution in [0.25, 0.3) is 0 Å². The number of hydrogen-bond acceptors (Lipinski definition) is 7. The number of nitrogens with zero attached hydrogens (tertiary/aromatic N) is 5. The molecule has 6 rings (SSSR count). The normalized spacial score (nSPS) is 16.0. The third-order valence-corrected chi connectivity index (χ3v) is 8.38. The van der Waals surface area contributed by atoms with Gasteiger partial charge in [-0.05, 0) is 79.4 Å². The van der Waals surface area contributed by atoms with Gasteiger partial charge in [0.05, 0.1) is 38.1 Å². The molecule has 0 bridgehead atoms. The molecule has 1 aromatic heterocycles. The topological polar surface area (TPSA) is 110 Å². The quantitative estimate of drug-likeness (QED) is 0.184. The van der Waals surface area contributed by atoms with Gasteiger partial charge in [0, 0.05) is 30.6 Å². The lowest BCUT2D eigenvalue weighted by Crippen LogP contribution is -2.47. The Morgan fingerprint density at radius 3 is 2.61 bits per heavy atom. The standard InChI is InChI=1S/C36H36N6O4/c1-5-6-16-36(39-40-36)17-18-46-30-9-7-8-27(21-30)20-26-10-13-29(14-11-26)42-25(3)23-41-33(35(42)44)31(22-37-41)34(43)38-28-12-15-32(45-4)24(2)19-28/h1,7-15,19,21-22,25H,6,16-18,20,23H2,2-4H3,(H,38,43). The zero-order valence-electron chi connectivity index (χ0n) is 26.2. The van der Waals surface area contributed by atoms with E-state index >= 15 is 0 Å². The smallest absolute Gasteiger partial charge is 0.277 e.